The molecule has 0 aromatic rings. The molecule has 16 heavy (non-hydrogen) atoms. The van der Waals surface area contributed by atoms with Gasteiger partial charge in [0.25, 0.3) is 0 Å². The minimum atomic E-state index is -1.13. The molecule has 0 aromatic heterocycles. The predicted molar refractivity (Wildman–Crippen MR) is 65.4 cm³/mol. The Morgan fingerprint density at radius 1 is 1.31 bits per heavy atom. The van der Waals surface area contributed by atoms with Gasteiger partial charge in [-0.2, -0.15) is 0 Å². The van der Waals surface area contributed by atoms with Gasteiger partial charge in [0.15, 0.2) is 5.84 Å². The van der Waals surface area contributed by atoms with E-state index in [9.17, 15) is 4.79 Å². The summed E-state index contributed by atoms with van der Waals surface area (Å²) in [5.41, 5.74) is 4.98. The molecule has 0 unspecified atom stereocenters. The van der Waals surface area contributed by atoms with Crippen molar-refractivity contribution in [2.75, 3.05) is 24.6 Å². The fraction of sp³-hybridized carbons (Fsp3) is 0.778. The summed E-state index contributed by atoms with van der Waals surface area (Å²) in [5.74, 6) is 0.293. The van der Waals surface area contributed by atoms with Crippen LogP contribution in [-0.4, -0.2) is 41.7 Å². The second-order valence-corrected chi connectivity index (χ2v) is 8.38. The number of carbonyl (C=O) groups is 1. The normalized spacial score (nSPS) is 11.8. The number of nitrogens with one attached hydrogen (secondary N) is 1. The van der Waals surface area contributed by atoms with E-state index in [0.29, 0.717) is 12.0 Å². The zero-order valence-electron chi connectivity index (χ0n) is 10.0. The maximum Gasteiger partial charge on any atom is 0.317 e. The van der Waals surface area contributed by atoms with Crippen LogP contribution in [-0.2, 0) is 0 Å². The van der Waals surface area contributed by atoms with Crippen molar-refractivity contribution in [3.05, 3.63) is 0 Å². The van der Waals surface area contributed by atoms with Gasteiger partial charge in [-0.25, -0.2) is 4.79 Å². The molecule has 5 nitrogen and oxygen atoms in total. The lowest BCUT2D eigenvalue weighted by molar-refractivity contribution is -0.00000775. The first-order valence-electron chi connectivity index (χ1n) is 5.16. The molecule has 0 aliphatic heterocycles. The van der Waals surface area contributed by atoms with Gasteiger partial charge in [-0.15, -0.1) is 0 Å². The van der Waals surface area contributed by atoms with Crippen LogP contribution >= 0.6 is 7.26 Å². The number of halogens is 1. The highest BCUT2D eigenvalue weighted by Gasteiger charge is 2.33. The smallest absolute Gasteiger partial charge is 0.317 e. The number of rotatable bonds is 5. The lowest BCUT2D eigenvalue weighted by atomic mass is 10.7. The number of oxime groups is 1. The van der Waals surface area contributed by atoms with Crippen molar-refractivity contribution in [1.29, 1.82) is 0 Å². The average molecular weight is 270 g/mol. The van der Waals surface area contributed by atoms with E-state index >= 15 is 0 Å². The second kappa shape index (κ2) is 8.59. The molecule has 0 aromatic carbocycles. The maximum absolute atomic E-state index is 10.7. The molecule has 96 valence electrons. The SMILES string of the molecule is CC[P+](CC)(CC)C/C(=N/O)NC(N)=O.[Cl-]. The average Bonchev–Trinajstić information content (AvgIpc) is 2.24. The number of urea groups is 1. The molecule has 0 aliphatic carbocycles. The quantitative estimate of drug-likeness (QED) is 0.187. The summed E-state index contributed by atoms with van der Waals surface area (Å²) in [5, 5.41) is 14.2. The molecule has 0 rings (SSSR count). The van der Waals surface area contributed by atoms with E-state index in [1.54, 1.807) is 0 Å². The Hall–Kier alpha value is -0.540. The van der Waals surface area contributed by atoms with Gasteiger partial charge >= 0.3 is 6.03 Å². The molecule has 2 amide bonds. The third-order valence-electron chi connectivity index (χ3n) is 2.89. The summed E-state index contributed by atoms with van der Waals surface area (Å²) >= 11 is 0. The van der Waals surface area contributed by atoms with Crippen LogP contribution in [0.4, 0.5) is 4.79 Å². The lowest BCUT2D eigenvalue weighted by Gasteiger charge is -2.23. The highest BCUT2D eigenvalue weighted by molar-refractivity contribution is 7.76. The van der Waals surface area contributed by atoms with E-state index in [0.717, 1.165) is 18.5 Å². The molecular weight excluding hydrogens is 249 g/mol. The van der Waals surface area contributed by atoms with Crippen LogP contribution in [0.15, 0.2) is 5.16 Å². The fourth-order valence-electron chi connectivity index (χ4n) is 1.56. The van der Waals surface area contributed by atoms with E-state index in [4.69, 9.17) is 10.9 Å². The topological polar surface area (TPSA) is 87.7 Å². The standard InChI is InChI=1S/C9H20N3O2P.ClH/c1-4-15(5-2,6-3)7-8(12-14)11-9(10)13;/h4-7H2,1-3H3,(H3-,10,11,12,13,14);1H. The third-order valence-corrected chi connectivity index (χ3v) is 7.88. The Bertz CT molecular complexity index is 237. The van der Waals surface area contributed by atoms with Gasteiger partial charge in [0, 0.05) is 7.26 Å². The zero-order valence-corrected chi connectivity index (χ0v) is 11.7. The summed E-state index contributed by atoms with van der Waals surface area (Å²) in [7, 11) is -1.13. The number of nitrogens with two attached hydrogens (primary N) is 1. The number of primary amides is 1. The van der Waals surface area contributed by atoms with Crippen molar-refractivity contribution in [2.45, 2.75) is 20.8 Å². The number of nitrogens with zero attached hydrogens (tertiary/aromatic N) is 1. The van der Waals surface area contributed by atoms with E-state index < -0.39 is 13.3 Å². The lowest BCUT2D eigenvalue weighted by Crippen LogP contribution is -3.00. The van der Waals surface area contributed by atoms with Crippen molar-refractivity contribution in [1.82, 2.24) is 5.32 Å². The van der Waals surface area contributed by atoms with Gasteiger partial charge in [0.1, 0.15) is 6.16 Å². The monoisotopic (exact) mass is 269 g/mol. The van der Waals surface area contributed by atoms with Crippen LogP contribution in [0.3, 0.4) is 0 Å². The number of amidine groups is 1. The summed E-state index contributed by atoms with van der Waals surface area (Å²) in [6.07, 6.45) is 3.90. The maximum atomic E-state index is 10.7. The van der Waals surface area contributed by atoms with E-state index in [1.807, 2.05) is 0 Å². The minimum Gasteiger partial charge on any atom is -1.00 e. The van der Waals surface area contributed by atoms with E-state index in [2.05, 4.69) is 31.2 Å². The Balaban J connectivity index is 0. The van der Waals surface area contributed by atoms with Crippen LogP contribution in [0.25, 0.3) is 0 Å². The molecule has 4 N–H and O–H groups in total. The predicted octanol–water partition coefficient (Wildman–Crippen LogP) is -1.48. The van der Waals surface area contributed by atoms with Gasteiger partial charge in [0.2, 0.25) is 0 Å². The molecule has 0 atom stereocenters. The molecule has 7 heteroatoms. The van der Waals surface area contributed by atoms with Crippen molar-refractivity contribution < 1.29 is 22.4 Å². The number of carbonyl (C=O) groups excluding carboxylic acids is 1. The molecule has 0 heterocycles. The zero-order chi connectivity index (χ0) is 11.9. The van der Waals surface area contributed by atoms with Crippen LogP contribution in [0.5, 0.6) is 0 Å². The molecular formula is C9H21ClN3O2P. The van der Waals surface area contributed by atoms with E-state index in [1.165, 1.54) is 0 Å². The number of hydrogen-bond acceptors (Lipinski definition) is 3. The van der Waals surface area contributed by atoms with Crippen molar-refractivity contribution in [2.24, 2.45) is 10.9 Å². The van der Waals surface area contributed by atoms with Crippen LogP contribution in [0, 0.1) is 0 Å². The van der Waals surface area contributed by atoms with E-state index in [-0.39, 0.29) is 12.4 Å². The Morgan fingerprint density at radius 2 is 1.75 bits per heavy atom. The molecule has 0 saturated carbocycles. The first-order chi connectivity index (χ1) is 7.03. The van der Waals surface area contributed by atoms with Crippen molar-refractivity contribution >= 4 is 19.1 Å². The molecule has 0 fully saturated rings. The Morgan fingerprint density at radius 3 is 2.00 bits per heavy atom. The first-order valence-corrected chi connectivity index (χ1v) is 7.69. The Labute approximate surface area is 104 Å². The Kier molecular flexibility index (Phi) is 9.58. The summed E-state index contributed by atoms with van der Waals surface area (Å²) in [6.45, 7) is 6.42. The van der Waals surface area contributed by atoms with Crippen molar-refractivity contribution in [3.8, 4) is 0 Å². The van der Waals surface area contributed by atoms with Crippen LogP contribution in [0.2, 0.25) is 0 Å². The van der Waals surface area contributed by atoms with Crippen molar-refractivity contribution in [3.63, 3.8) is 0 Å². The third kappa shape index (κ3) is 5.52. The number of hydrogen-bond donors (Lipinski definition) is 3. The largest absolute Gasteiger partial charge is 1.00 e. The molecule has 0 bridgehead atoms. The summed E-state index contributed by atoms with van der Waals surface area (Å²) in [6, 6.07) is -0.677. The fourth-order valence-corrected chi connectivity index (χ4v) is 4.35. The summed E-state index contributed by atoms with van der Waals surface area (Å²) in [4.78, 5) is 10.7. The van der Waals surface area contributed by atoms with Gasteiger partial charge in [-0.05, 0) is 20.8 Å². The molecule has 0 saturated heterocycles. The molecule has 0 aliphatic rings. The molecule has 0 radical (unpaired) electrons. The highest BCUT2D eigenvalue weighted by atomic mass is 35.5. The van der Waals surface area contributed by atoms with Gasteiger partial charge < -0.3 is 23.3 Å². The second-order valence-electron chi connectivity index (χ2n) is 3.48. The van der Waals surface area contributed by atoms with Crippen LogP contribution < -0.4 is 23.5 Å². The van der Waals surface area contributed by atoms with Gasteiger partial charge in [-0.1, -0.05) is 5.16 Å². The first kappa shape index (κ1) is 17.8. The minimum absolute atomic E-state index is 0. The van der Waals surface area contributed by atoms with Crippen LogP contribution in [0.1, 0.15) is 20.8 Å². The van der Waals surface area contributed by atoms with Gasteiger partial charge in [0.05, 0.1) is 18.5 Å². The molecule has 0 spiro atoms. The summed E-state index contributed by atoms with van der Waals surface area (Å²) < 4.78 is 0. The number of amides is 2. The highest BCUT2D eigenvalue weighted by Crippen LogP contribution is 2.57. The van der Waals surface area contributed by atoms with Gasteiger partial charge in [-0.3, -0.25) is 5.32 Å².